The second-order valence-electron chi connectivity index (χ2n) is 7.86. The van der Waals surface area contributed by atoms with E-state index < -0.39 is 0 Å². The van der Waals surface area contributed by atoms with Crippen LogP contribution in [0.3, 0.4) is 0 Å². The molecule has 0 saturated carbocycles. The minimum Gasteiger partial charge on any atom is -0.491 e. The van der Waals surface area contributed by atoms with Gasteiger partial charge in [0.25, 0.3) is 5.91 Å². The zero-order valence-corrected chi connectivity index (χ0v) is 18.0. The first-order chi connectivity index (χ1) is 15.7. The lowest BCUT2D eigenvalue weighted by atomic mass is 10.1. The molecule has 0 aromatic heterocycles. The second kappa shape index (κ2) is 11.0. The van der Waals surface area contributed by atoms with Gasteiger partial charge in [0.15, 0.2) is 0 Å². The number of carbonyl (C=O) groups is 2. The number of benzene rings is 2. The predicted molar refractivity (Wildman–Crippen MR) is 121 cm³/mol. The number of amides is 2. The number of rotatable bonds is 8. The van der Waals surface area contributed by atoms with Crippen molar-refractivity contribution in [3.63, 3.8) is 0 Å². The summed E-state index contributed by atoms with van der Waals surface area (Å²) in [5.41, 5.74) is 2.07. The standard InChI is InChI=1S/C24H29N3O5/c28-23(26-20-3-1-4-21(15-20)32-17-22-5-2-12-31-22)16-25-19-8-6-18(7-9-19)24(29)27-10-13-30-14-11-27/h1,3-4,6-9,15,22,25H,2,5,10-14,16-17H2,(H,26,28). The average Bonchev–Trinajstić information content (AvgIpc) is 3.36. The maximum absolute atomic E-state index is 12.5. The molecule has 1 atom stereocenters. The number of anilines is 2. The van der Waals surface area contributed by atoms with E-state index in [1.807, 2.05) is 18.2 Å². The number of ether oxygens (including phenoxy) is 3. The van der Waals surface area contributed by atoms with Crippen molar-refractivity contribution in [1.29, 1.82) is 0 Å². The number of morpholine rings is 1. The minimum atomic E-state index is -0.172. The molecule has 2 heterocycles. The van der Waals surface area contributed by atoms with E-state index in [4.69, 9.17) is 14.2 Å². The third-order valence-electron chi connectivity index (χ3n) is 5.46. The highest BCUT2D eigenvalue weighted by atomic mass is 16.5. The van der Waals surface area contributed by atoms with Gasteiger partial charge in [-0.05, 0) is 49.2 Å². The summed E-state index contributed by atoms with van der Waals surface area (Å²) < 4.78 is 16.6. The second-order valence-corrected chi connectivity index (χ2v) is 7.86. The molecule has 8 heteroatoms. The molecule has 2 N–H and O–H groups in total. The van der Waals surface area contributed by atoms with Crippen molar-refractivity contribution in [3.8, 4) is 5.75 Å². The Morgan fingerprint density at radius 2 is 1.84 bits per heavy atom. The highest BCUT2D eigenvalue weighted by Crippen LogP contribution is 2.20. The van der Waals surface area contributed by atoms with Crippen molar-refractivity contribution >= 4 is 23.2 Å². The summed E-state index contributed by atoms with van der Waals surface area (Å²) in [6, 6.07) is 14.5. The van der Waals surface area contributed by atoms with Gasteiger partial charge in [0.05, 0.1) is 25.9 Å². The number of hydrogen-bond donors (Lipinski definition) is 2. The van der Waals surface area contributed by atoms with E-state index in [0.29, 0.717) is 49.9 Å². The van der Waals surface area contributed by atoms with E-state index in [1.165, 1.54) is 0 Å². The Kier molecular flexibility index (Phi) is 7.58. The Labute approximate surface area is 187 Å². The molecule has 2 aliphatic rings. The van der Waals surface area contributed by atoms with Gasteiger partial charge in [-0.1, -0.05) is 6.07 Å². The molecule has 2 aliphatic heterocycles. The Bertz CT molecular complexity index is 906. The van der Waals surface area contributed by atoms with Gasteiger partial charge in [-0.25, -0.2) is 0 Å². The third kappa shape index (κ3) is 6.21. The van der Waals surface area contributed by atoms with Crippen molar-refractivity contribution in [2.24, 2.45) is 0 Å². The summed E-state index contributed by atoms with van der Waals surface area (Å²) in [5.74, 6) is 0.528. The average molecular weight is 440 g/mol. The monoisotopic (exact) mass is 439 g/mol. The van der Waals surface area contributed by atoms with Gasteiger partial charge >= 0.3 is 0 Å². The summed E-state index contributed by atoms with van der Waals surface area (Å²) in [6.07, 6.45) is 2.24. The topological polar surface area (TPSA) is 89.1 Å². The first-order valence-electron chi connectivity index (χ1n) is 11.0. The van der Waals surface area contributed by atoms with Gasteiger partial charge in [-0.2, -0.15) is 0 Å². The highest BCUT2D eigenvalue weighted by molar-refractivity contribution is 5.95. The summed E-state index contributed by atoms with van der Waals surface area (Å²) in [5, 5.41) is 5.95. The molecule has 0 spiro atoms. The molecule has 1 unspecified atom stereocenters. The number of hydrogen-bond acceptors (Lipinski definition) is 6. The molecular formula is C24H29N3O5. The smallest absolute Gasteiger partial charge is 0.254 e. The molecular weight excluding hydrogens is 410 g/mol. The molecule has 8 nitrogen and oxygen atoms in total. The van der Waals surface area contributed by atoms with Crippen LogP contribution in [-0.4, -0.2) is 68.9 Å². The molecule has 4 rings (SSSR count). The number of carbonyl (C=O) groups excluding carboxylic acids is 2. The Morgan fingerprint density at radius 3 is 2.59 bits per heavy atom. The van der Waals surface area contributed by atoms with Gasteiger partial charge in [0.2, 0.25) is 5.91 Å². The fourth-order valence-corrected chi connectivity index (χ4v) is 3.70. The van der Waals surface area contributed by atoms with Crippen LogP contribution in [-0.2, 0) is 14.3 Å². The Hall–Kier alpha value is -3.10. The van der Waals surface area contributed by atoms with Gasteiger partial charge in [0, 0.05) is 42.7 Å². The summed E-state index contributed by atoms with van der Waals surface area (Å²) >= 11 is 0. The van der Waals surface area contributed by atoms with Crippen LogP contribution in [0.25, 0.3) is 0 Å². The molecule has 2 amide bonds. The van der Waals surface area contributed by atoms with E-state index in [1.54, 1.807) is 35.2 Å². The highest BCUT2D eigenvalue weighted by Gasteiger charge is 2.18. The van der Waals surface area contributed by atoms with Crippen LogP contribution < -0.4 is 15.4 Å². The van der Waals surface area contributed by atoms with Gasteiger partial charge in [-0.15, -0.1) is 0 Å². The van der Waals surface area contributed by atoms with Crippen LogP contribution in [0.1, 0.15) is 23.2 Å². The van der Waals surface area contributed by atoms with Crippen LogP contribution in [0.2, 0.25) is 0 Å². The van der Waals surface area contributed by atoms with Crippen LogP contribution in [0.4, 0.5) is 11.4 Å². The van der Waals surface area contributed by atoms with E-state index in [-0.39, 0.29) is 24.5 Å². The molecule has 2 saturated heterocycles. The Morgan fingerprint density at radius 1 is 1.03 bits per heavy atom. The van der Waals surface area contributed by atoms with Crippen molar-refractivity contribution in [2.45, 2.75) is 18.9 Å². The van der Waals surface area contributed by atoms with E-state index >= 15 is 0 Å². The van der Waals surface area contributed by atoms with Crippen LogP contribution in [0, 0.1) is 0 Å². The first kappa shape index (κ1) is 22.1. The normalized spacial score (nSPS) is 18.2. The quantitative estimate of drug-likeness (QED) is 0.658. The van der Waals surface area contributed by atoms with Crippen molar-refractivity contribution < 1.29 is 23.8 Å². The van der Waals surface area contributed by atoms with Gasteiger partial charge in [-0.3, -0.25) is 9.59 Å². The molecule has 0 aliphatic carbocycles. The summed E-state index contributed by atoms with van der Waals surface area (Å²) in [4.78, 5) is 26.6. The van der Waals surface area contributed by atoms with E-state index in [2.05, 4.69) is 10.6 Å². The van der Waals surface area contributed by atoms with E-state index in [0.717, 1.165) is 25.1 Å². The fourth-order valence-electron chi connectivity index (χ4n) is 3.70. The lowest BCUT2D eigenvalue weighted by Gasteiger charge is -2.26. The number of nitrogens with zero attached hydrogens (tertiary/aromatic N) is 1. The molecule has 2 aromatic carbocycles. The maximum atomic E-state index is 12.5. The molecule has 0 bridgehead atoms. The molecule has 2 aromatic rings. The lowest BCUT2D eigenvalue weighted by Crippen LogP contribution is -2.40. The largest absolute Gasteiger partial charge is 0.491 e. The molecule has 32 heavy (non-hydrogen) atoms. The SMILES string of the molecule is O=C(CNc1ccc(C(=O)N2CCOCC2)cc1)Nc1cccc(OCC2CCCO2)c1. The van der Waals surface area contributed by atoms with Crippen molar-refractivity contribution in [1.82, 2.24) is 4.90 Å². The first-order valence-corrected chi connectivity index (χ1v) is 11.0. The van der Waals surface area contributed by atoms with Crippen LogP contribution in [0.15, 0.2) is 48.5 Å². The zero-order valence-electron chi connectivity index (χ0n) is 18.0. The predicted octanol–water partition coefficient (Wildman–Crippen LogP) is 2.77. The maximum Gasteiger partial charge on any atom is 0.254 e. The molecule has 170 valence electrons. The van der Waals surface area contributed by atoms with Gasteiger partial charge < -0.3 is 29.7 Å². The zero-order chi connectivity index (χ0) is 22.2. The summed E-state index contributed by atoms with van der Waals surface area (Å²) in [7, 11) is 0. The molecule has 2 fully saturated rings. The summed E-state index contributed by atoms with van der Waals surface area (Å²) in [6.45, 7) is 3.79. The van der Waals surface area contributed by atoms with Crippen LogP contribution >= 0.6 is 0 Å². The van der Waals surface area contributed by atoms with Gasteiger partial charge in [0.1, 0.15) is 12.4 Å². The third-order valence-corrected chi connectivity index (χ3v) is 5.46. The lowest BCUT2D eigenvalue weighted by molar-refractivity contribution is -0.114. The minimum absolute atomic E-state index is 0.000752. The number of nitrogens with one attached hydrogen (secondary N) is 2. The van der Waals surface area contributed by atoms with Crippen molar-refractivity contribution in [3.05, 3.63) is 54.1 Å². The fraction of sp³-hybridized carbons (Fsp3) is 0.417. The van der Waals surface area contributed by atoms with Crippen molar-refractivity contribution in [2.75, 3.05) is 56.7 Å². The Balaban J connectivity index is 1.23. The van der Waals surface area contributed by atoms with E-state index in [9.17, 15) is 9.59 Å². The molecule has 0 radical (unpaired) electrons. The van der Waals surface area contributed by atoms with Crippen LogP contribution in [0.5, 0.6) is 5.75 Å².